The molecule has 2 aliphatic rings. The zero-order valence-corrected chi connectivity index (χ0v) is 9.85. The van der Waals surface area contributed by atoms with Gasteiger partial charge in [0.05, 0.1) is 0 Å². The molecule has 0 spiro atoms. The first kappa shape index (κ1) is 10.3. The fraction of sp³-hybridized carbons (Fsp3) is 0.833. The van der Waals surface area contributed by atoms with Crippen LogP contribution in [0, 0.1) is 5.92 Å². The lowest BCUT2D eigenvalue weighted by Crippen LogP contribution is -2.19. The SMILES string of the molecule is CC1CCc2nc(C3CCOCC3)nn2C1. The molecule has 1 atom stereocenters. The van der Waals surface area contributed by atoms with Crippen molar-refractivity contribution in [2.24, 2.45) is 5.92 Å². The van der Waals surface area contributed by atoms with Gasteiger partial charge in [0.15, 0.2) is 5.82 Å². The number of fused-ring (bicyclic) bond motifs is 1. The molecule has 1 aromatic heterocycles. The molecule has 0 N–H and O–H groups in total. The number of rotatable bonds is 1. The quantitative estimate of drug-likeness (QED) is 0.725. The van der Waals surface area contributed by atoms with Gasteiger partial charge < -0.3 is 4.74 Å². The molecule has 3 heterocycles. The van der Waals surface area contributed by atoms with Gasteiger partial charge in [0.1, 0.15) is 5.82 Å². The van der Waals surface area contributed by atoms with Crippen molar-refractivity contribution in [1.82, 2.24) is 14.8 Å². The van der Waals surface area contributed by atoms with Crippen LogP contribution in [0.1, 0.15) is 43.8 Å². The Morgan fingerprint density at radius 1 is 1.25 bits per heavy atom. The van der Waals surface area contributed by atoms with Crippen molar-refractivity contribution in [2.75, 3.05) is 13.2 Å². The second-order valence-electron chi connectivity index (χ2n) is 5.10. The van der Waals surface area contributed by atoms with E-state index in [0.717, 1.165) is 50.8 Å². The van der Waals surface area contributed by atoms with Gasteiger partial charge in [0, 0.05) is 32.1 Å². The number of nitrogens with zero attached hydrogens (tertiary/aromatic N) is 3. The summed E-state index contributed by atoms with van der Waals surface area (Å²) >= 11 is 0. The Hall–Kier alpha value is -0.900. The lowest BCUT2D eigenvalue weighted by Gasteiger charge is -2.19. The Morgan fingerprint density at radius 3 is 2.88 bits per heavy atom. The molecule has 2 aliphatic heterocycles. The van der Waals surface area contributed by atoms with Crippen LogP contribution in [0.15, 0.2) is 0 Å². The van der Waals surface area contributed by atoms with Crippen molar-refractivity contribution in [3.8, 4) is 0 Å². The van der Waals surface area contributed by atoms with Gasteiger partial charge in [0.2, 0.25) is 0 Å². The van der Waals surface area contributed by atoms with E-state index in [-0.39, 0.29) is 0 Å². The van der Waals surface area contributed by atoms with Crippen molar-refractivity contribution in [3.63, 3.8) is 0 Å². The molecule has 1 unspecified atom stereocenters. The minimum absolute atomic E-state index is 0.530. The van der Waals surface area contributed by atoms with E-state index < -0.39 is 0 Å². The fourth-order valence-electron chi connectivity index (χ4n) is 2.62. The first-order valence-corrected chi connectivity index (χ1v) is 6.34. The fourth-order valence-corrected chi connectivity index (χ4v) is 2.62. The highest BCUT2D eigenvalue weighted by atomic mass is 16.5. The van der Waals surface area contributed by atoms with E-state index in [1.165, 1.54) is 12.2 Å². The largest absolute Gasteiger partial charge is 0.381 e. The number of hydrogen-bond donors (Lipinski definition) is 0. The summed E-state index contributed by atoms with van der Waals surface area (Å²) in [5.74, 6) is 3.53. The standard InChI is InChI=1S/C12H19N3O/c1-9-2-3-11-13-12(14-15(11)8-9)10-4-6-16-7-5-10/h9-10H,2-8H2,1H3. The minimum atomic E-state index is 0.530. The van der Waals surface area contributed by atoms with Crippen molar-refractivity contribution in [1.29, 1.82) is 0 Å². The summed E-state index contributed by atoms with van der Waals surface area (Å²) in [6.45, 7) is 5.07. The van der Waals surface area contributed by atoms with Gasteiger partial charge in [0.25, 0.3) is 0 Å². The Labute approximate surface area is 96.0 Å². The van der Waals surface area contributed by atoms with E-state index in [2.05, 4.69) is 16.7 Å². The zero-order valence-electron chi connectivity index (χ0n) is 9.85. The molecule has 1 saturated heterocycles. The molecule has 4 heteroatoms. The predicted molar refractivity (Wildman–Crippen MR) is 60.3 cm³/mol. The molecular weight excluding hydrogens is 202 g/mol. The monoisotopic (exact) mass is 221 g/mol. The lowest BCUT2D eigenvalue weighted by molar-refractivity contribution is 0.0835. The summed E-state index contributed by atoms with van der Waals surface area (Å²) in [5.41, 5.74) is 0. The molecule has 1 fully saturated rings. The predicted octanol–water partition coefficient (Wildman–Crippen LogP) is 1.75. The van der Waals surface area contributed by atoms with Gasteiger partial charge in [-0.15, -0.1) is 0 Å². The third kappa shape index (κ3) is 1.86. The maximum atomic E-state index is 5.38. The summed E-state index contributed by atoms with van der Waals surface area (Å²) in [7, 11) is 0. The number of ether oxygens (including phenoxy) is 1. The van der Waals surface area contributed by atoms with Crippen LogP contribution in [0.5, 0.6) is 0 Å². The van der Waals surface area contributed by atoms with Crippen molar-refractivity contribution >= 4 is 0 Å². The smallest absolute Gasteiger partial charge is 0.154 e. The Bertz CT molecular complexity index is 368. The Kier molecular flexibility index (Phi) is 2.67. The van der Waals surface area contributed by atoms with Crippen molar-refractivity contribution in [3.05, 3.63) is 11.6 Å². The molecule has 1 aromatic rings. The van der Waals surface area contributed by atoms with E-state index in [1.54, 1.807) is 0 Å². The molecule has 0 aromatic carbocycles. The third-order valence-corrected chi connectivity index (χ3v) is 3.70. The second kappa shape index (κ2) is 4.17. The van der Waals surface area contributed by atoms with Gasteiger partial charge in [-0.2, -0.15) is 5.10 Å². The molecule has 88 valence electrons. The van der Waals surface area contributed by atoms with Gasteiger partial charge in [-0.05, 0) is 25.2 Å². The van der Waals surface area contributed by atoms with E-state index in [9.17, 15) is 0 Å². The Balaban J connectivity index is 1.80. The van der Waals surface area contributed by atoms with Crippen LogP contribution in [-0.4, -0.2) is 28.0 Å². The summed E-state index contributed by atoms with van der Waals surface area (Å²) in [6, 6.07) is 0. The van der Waals surface area contributed by atoms with Crippen LogP contribution in [0.4, 0.5) is 0 Å². The van der Waals surface area contributed by atoms with E-state index in [1.807, 2.05) is 0 Å². The maximum Gasteiger partial charge on any atom is 0.154 e. The van der Waals surface area contributed by atoms with Crippen LogP contribution >= 0.6 is 0 Å². The summed E-state index contributed by atoms with van der Waals surface area (Å²) in [6.07, 6.45) is 4.52. The van der Waals surface area contributed by atoms with E-state index in [4.69, 9.17) is 9.72 Å². The van der Waals surface area contributed by atoms with Crippen molar-refractivity contribution in [2.45, 2.75) is 45.1 Å². The van der Waals surface area contributed by atoms with Crippen LogP contribution in [0.3, 0.4) is 0 Å². The minimum Gasteiger partial charge on any atom is -0.381 e. The van der Waals surface area contributed by atoms with E-state index in [0.29, 0.717) is 5.92 Å². The molecule has 0 amide bonds. The van der Waals surface area contributed by atoms with Crippen LogP contribution in [0.2, 0.25) is 0 Å². The number of hydrogen-bond acceptors (Lipinski definition) is 3. The highest BCUT2D eigenvalue weighted by Gasteiger charge is 2.24. The van der Waals surface area contributed by atoms with Gasteiger partial charge in [-0.1, -0.05) is 6.92 Å². The first-order valence-electron chi connectivity index (χ1n) is 6.34. The van der Waals surface area contributed by atoms with Crippen LogP contribution in [-0.2, 0) is 17.7 Å². The van der Waals surface area contributed by atoms with E-state index >= 15 is 0 Å². The van der Waals surface area contributed by atoms with Crippen LogP contribution in [0.25, 0.3) is 0 Å². The topological polar surface area (TPSA) is 39.9 Å². The highest BCUT2D eigenvalue weighted by Crippen LogP contribution is 2.26. The lowest BCUT2D eigenvalue weighted by atomic mass is 10.00. The molecule has 0 saturated carbocycles. The average molecular weight is 221 g/mol. The molecule has 0 aliphatic carbocycles. The molecule has 0 radical (unpaired) electrons. The number of aryl methyl sites for hydroxylation is 1. The normalized spacial score (nSPS) is 26.7. The summed E-state index contributed by atoms with van der Waals surface area (Å²) < 4.78 is 7.50. The first-order chi connectivity index (χ1) is 7.83. The summed E-state index contributed by atoms with van der Waals surface area (Å²) in [5, 5.41) is 4.67. The molecule has 4 nitrogen and oxygen atoms in total. The van der Waals surface area contributed by atoms with Crippen LogP contribution < -0.4 is 0 Å². The third-order valence-electron chi connectivity index (χ3n) is 3.70. The van der Waals surface area contributed by atoms with Gasteiger partial charge in [-0.25, -0.2) is 9.67 Å². The van der Waals surface area contributed by atoms with Gasteiger partial charge in [-0.3, -0.25) is 0 Å². The molecular formula is C12H19N3O. The number of aromatic nitrogens is 3. The maximum absolute atomic E-state index is 5.38. The zero-order chi connectivity index (χ0) is 11.0. The summed E-state index contributed by atoms with van der Waals surface area (Å²) in [4.78, 5) is 4.71. The van der Waals surface area contributed by atoms with Crippen molar-refractivity contribution < 1.29 is 4.74 Å². The molecule has 3 rings (SSSR count). The highest BCUT2D eigenvalue weighted by molar-refractivity contribution is 5.02. The average Bonchev–Trinajstić information content (AvgIpc) is 2.73. The van der Waals surface area contributed by atoms with Gasteiger partial charge >= 0.3 is 0 Å². The molecule has 16 heavy (non-hydrogen) atoms. The molecule has 0 bridgehead atoms. The Morgan fingerprint density at radius 2 is 2.06 bits per heavy atom. The second-order valence-corrected chi connectivity index (χ2v) is 5.10.